The number of hydrogen-bond donors (Lipinski definition) is 0. The minimum atomic E-state index is -0.560. The molecule has 0 fully saturated rings. The van der Waals surface area contributed by atoms with Crippen LogP contribution in [0.1, 0.15) is 16.5 Å². The molecule has 0 radical (unpaired) electrons. The monoisotopic (exact) mass is 335 g/mol. The van der Waals surface area contributed by atoms with E-state index in [-0.39, 0.29) is 11.5 Å². The van der Waals surface area contributed by atoms with Crippen molar-refractivity contribution in [2.24, 2.45) is 0 Å². The van der Waals surface area contributed by atoms with E-state index in [4.69, 9.17) is 4.42 Å². The fourth-order valence-electron chi connectivity index (χ4n) is 2.22. The molecule has 0 saturated carbocycles. The number of rotatable bonds is 5. The lowest BCUT2D eigenvalue weighted by atomic mass is 10.2. The Morgan fingerprint density at radius 2 is 2.09 bits per heavy atom. The second-order valence-electron chi connectivity index (χ2n) is 5.24. The van der Waals surface area contributed by atoms with Crippen molar-refractivity contribution in [1.29, 1.82) is 0 Å². The molecule has 0 aliphatic heterocycles. The maximum atomic E-state index is 13.8. The highest BCUT2D eigenvalue weighted by Crippen LogP contribution is 2.26. The zero-order chi connectivity index (χ0) is 16.4. The van der Waals surface area contributed by atoms with Gasteiger partial charge in [-0.1, -0.05) is 0 Å². The van der Waals surface area contributed by atoms with Crippen LogP contribution in [-0.4, -0.2) is 21.9 Å². The molecular formula is C16H15F2N3OS. The second-order valence-corrected chi connectivity index (χ2v) is 6.22. The summed E-state index contributed by atoms with van der Waals surface area (Å²) in [6.45, 7) is 2.99. The predicted molar refractivity (Wildman–Crippen MR) is 83.9 cm³/mol. The highest BCUT2D eigenvalue weighted by molar-refractivity contribution is 7.09. The molecule has 0 bridgehead atoms. The summed E-state index contributed by atoms with van der Waals surface area (Å²) < 4.78 is 32.7. The topological polar surface area (TPSA) is 42.2 Å². The lowest BCUT2D eigenvalue weighted by Gasteiger charge is -2.13. The van der Waals surface area contributed by atoms with E-state index in [2.05, 4.69) is 9.97 Å². The normalized spacial score (nSPS) is 11.3. The largest absolute Gasteiger partial charge is 0.441 e. The molecule has 1 aromatic carbocycles. The van der Waals surface area contributed by atoms with Crippen molar-refractivity contribution in [3.63, 3.8) is 0 Å². The van der Waals surface area contributed by atoms with Crippen LogP contribution in [0.5, 0.6) is 0 Å². The lowest BCUT2D eigenvalue weighted by molar-refractivity contribution is 0.313. The third kappa shape index (κ3) is 3.62. The first-order valence-corrected chi connectivity index (χ1v) is 7.89. The van der Waals surface area contributed by atoms with E-state index in [1.165, 1.54) is 0 Å². The number of aromatic nitrogens is 2. The first-order valence-electron chi connectivity index (χ1n) is 7.01. The first-order chi connectivity index (χ1) is 11.0. The number of hydrogen-bond acceptors (Lipinski definition) is 5. The van der Waals surface area contributed by atoms with Gasteiger partial charge in [0.2, 0.25) is 5.89 Å². The number of thiazole rings is 1. The molecule has 3 rings (SSSR count). The molecule has 2 aromatic heterocycles. The second kappa shape index (κ2) is 6.55. The summed E-state index contributed by atoms with van der Waals surface area (Å²) in [6.07, 6.45) is 1.76. The molecule has 3 aromatic rings. The van der Waals surface area contributed by atoms with Crippen molar-refractivity contribution in [2.75, 3.05) is 7.05 Å². The van der Waals surface area contributed by atoms with Crippen molar-refractivity contribution in [2.45, 2.75) is 20.0 Å². The van der Waals surface area contributed by atoms with Crippen molar-refractivity contribution in [1.82, 2.24) is 14.9 Å². The Bertz CT molecular complexity index is 802. The van der Waals surface area contributed by atoms with E-state index in [0.29, 0.717) is 24.5 Å². The molecule has 4 nitrogen and oxygen atoms in total. The highest BCUT2D eigenvalue weighted by atomic mass is 32.1. The van der Waals surface area contributed by atoms with E-state index in [1.807, 2.05) is 17.3 Å². The van der Waals surface area contributed by atoms with E-state index in [9.17, 15) is 8.78 Å². The molecule has 0 atom stereocenters. The Hall–Kier alpha value is -2.12. The standard InChI is InChI=1S/C16H15F2N3OS/c1-10-14(8-21(2)9-15-19-5-6-23-15)20-16(22-10)12-7-11(17)3-4-13(12)18/h3-7H,8-9H2,1-2H3. The van der Waals surface area contributed by atoms with Crippen LogP contribution < -0.4 is 0 Å². The van der Waals surface area contributed by atoms with Crippen LogP contribution in [0.15, 0.2) is 34.2 Å². The average molecular weight is 335 g/mol. The summed E-state index contributed by atoms with van der Waals surface area (Å²) in [7, 11) is 1.94. The van der Waals surface area contributed by atoms with Gasteiger partial charge < -0.3 is 4.42 Å². The van der Waals surface area contributed by atoms with Crippen LogP contribution in [-0.2, 0) is 13.1 Å². The summed E-state index contributed by atoms with van der Waals surface area (Å²) >= 11 is 1.58. The minimum Gasteiger partial charge on any atom is -0.441 e. The van der Waals surface area contributed by atoms with Gasteiger partial charge in [0.1, 0.15) is 22.4 Å². The van der Waals surface area contributed by atoms with Gasteiger partial charge in [-0.05, 0) is 32.2 Å². The molecular weight excluding hydrogens is 320 g/mol. The number of halogens is 2. The smallest absolute Gasteiger partial charge is 0.229 e. The summed E-state index contributed by atoms with van der Waals surface area (Å²) in [4.78, 5) is 10.6. The van der Waals surface area contributed by atoms with Gasteiger partial charge >= 0.3 is 0 Å². The number of aryl methyl sites for hydroxylation is 1. The number of benzene rings is 1. The third-order valence-corrected chi connectivity index (χ3v) is 4.12. The molecule has 0 amide bonds. The molecule has 2 heterocycles. The Labute approximate surface area is 136 Å². The lowest BCUT2D eigenvalue weighted by Crippen LogP contribution is -2.17. The average Bonchev–Trinajstić information content (AvgIpc) is 3.12. The van der Waals surface area contributed by atoms with Gasteiger partial charge in [0.15, 0.2) is 0 Å². The molecule has 7 heteroatoms. The van der Waals surface area contributed by atoms with Gasteiger partial charge in [-0.25, -0.2) is 18.7 Å². The van der Waals surface area contributed by atoms with Crippen molar-refractivity contribution in [3.8, 4) is 11.5 Å². The van der Waals surface area contributed by atoms with Gasteiger partial charge in [0.25, 0.3) is 0 Å². The zero-order valence-electron chi connectivity index (χ0n) is 12.7. The Kier molecular flexibility index (Phi) is 4.49. The fourth-order valence-corrected chi connectivity index (χ4v) is 2.92. The maximum absolute atomic E-state index is 13.8. The van der Waals surface area contributed by atoms with E-state index >= 15 is 0 Å². The number of oxazole rings is 1. The molecule has 0 aliphatic rings. The summed E-state index contributed by atoms with van der Waals surface area (Å²) in [5.74, 6) is -0.401. The Morgan fingerprint density at radius 1 is 1.26 bits per heavy atom. The highest BCUT2D eigenvalue weighted by Gasteiger charge is 2.17. The van der Waals surface area contributed by atoms with Gasteiger partial charge in [0.05, 0.1) is 17.8 Å². The van der Waals surface area contributed by atoms with Crippen LogP contribution in [0.25, 0.3) is 11.5 Å². The van der Waals surface area contributed by atoms with Gasteiger partial charge in [0, 0.05) is 18.1 Å². The van der Waals surface area contributed by atoms with Gasteiger partial charge in [-0.3, -0.25) is 4.90 Å². The molecule has 120 valence electrons. The Morgan fingerprint density at radius 3 is 2.83 bits per heavy atom. The zero-order valence-corrected chi connectivity index (χ0v) is 13.5. The maximum Gasteiger partial charge on any atom is 0.229 e. The Balaban J connectivity index is 1.79. The quantitative estimate of drug-likeness (QED) is 0.706. The van der Waals surface area contributed by atoms with Crippen molar-refractivity contribution in [3.05, 3.63) is 57.9 Å². The predicted octanol–water partition coefficient (Wildman–Crippen LogP) is 4.02. The minimum absolute atomic E-state index is 0.0296. The van der Waals surface area contributed by atoms with Crippen LogP contribution in [0.3, 0.4) is 0 Å². The van der Waals surface area contributed by atoms with Gasteiger partial charge in [-0.2, -0.15) is 0 Å². The van der Waals surface area contributed by atoms with Crippen LogP contribution in [0.2, 0.25) is 0 Å². The van der Waals surface area contributed by atoms with E-state index in [0.717, 1.165) is 23.2 Å². The molecule has 23 heavy (non-hydrogen) atoms. The molecule has 0 aliphatic carbocycles. The van der Waals surface area contributed by atoms with Crippen LogP contribution in [0.4, 0.5) is 8.78 Å². The molecule has 0 saturated heterocycles. The molecule has 0 unspecified atom stereocenters. The van der Waals surface area contributed by atoms with Crippen molar-refractivity contribution < 1.29 is 13.2 Å². The third-order valence-electron chi connectivity index (χ3n) is 3.36. The fraction of sp³-hybridized carbons (Fsp3) is 0.250. The molecule has 0 spiro atoms. The van der Waals surface area contributed by atoms with Crippen LogP contribution >= 0.6 is 11.3 Å². The summed E-state index contributed by atoms with van der Waals surface area (Å²) in [5.41, 5.74) is 0.727. The SMILES string of the molecule is Cc1oc(-c2cc(F)ccc2F)nc1CN(C)Cc1nccs1. The number of nitrogens with zero attached hydrogens (tertiary/aromatic N) is 3. The summed E-state index contributed by atoms with van der Waals surface area (Å²) in [6, 6.07) is 3.22. The van der Waals surface area contributed by atoms with Gasteiger partial charge in [-0.15, -0.1) is 11.3 Å². The summed E-state index contributed by atoms with van der Waals surface area (Å²) in [5, 5.41) is 2.93. The van der Waals surface area contributed by atoms with Crippen LogP contribution in [0, 0.1) is 18.6 Å². The van der Waals surface area contributed by atoms with E-state index < -0.39 is 11.6 Å². The van der Waals surface area contributed by atoms with Crippen molar-refractivity contribution >= 4 is 11.3 Å². The first kappa shape index (κ1) is 15.8. The van der Waals surface area contributed by atoms with E-state index in [1.54, 1.807) is 24.5 Å². The molecule has 0 N–H and O–H groups in total.